The fraction of sp³-hybridized carbons (Fsp3) is 0.417. The highest BCUT2D eigenvalue weighted by atomic mass is 19.4. The molecule has 1 aliphatic rings. The Morgan fingerprint density at radius 1 is 1.06 bits per heavy atom. The minimum absolute atomic E-state index is 0.0578. The summed E-state index contributed by atoms with van der Waals surface area (Å²) in [6, 6.07) is 11.5. The second-order valence-corrected chi connectivity index (χ2v) is 8.87. The van der Waals surface area contributed by atoms with Crippen LogP contribution in [0.25, 0.3) is 5.69 Å². The quantitative estimate of drug-likeness (QED) is 0.533. The Morgan fingerprint density at radius 2 is 1.75 bits per heavy atom. The molecule has 1 aromatic carbocycles. The van der Waals surface area contributed by atoms with E-state index >= 15 is 0 Å². The maximum absolute atomic E-state index is 12.8. The number of alkyl halides is 3. The van der Waals surface area contributed by atoms with Crippen molar-refractivity contribution >= 4 is 11.7 Å². The largest absolute Gasteiger partial charge is 0.405 e. The van der Waals surface area contributed by atoms with E-state index in [1.54, 1.807) is 42.6 Å². The van der Waals surface area contributed by atoms with Crippen LogP contribution >= 0.6 is 0 Å². The Bertz CT molecular complexity index is 1220. The van der Waals surface area contributed by atoms with Gasteiger partial charge in [0.05, 0.1) is 17.9 Å². The Balaban J connectivity index is 1.44. The van der Waals surface area contributed by atoms with Gasteiger partial charge >= 0.3 is 11.9 Å². The number of anilines is 1. The molecule has 1 saturated heterocycles. The first-order valence-corrected chi connectivity index (χ1v) is 11.6. The summed E-state index contributed by atoms with van der Waals surface area (Å²) >= 11 is 0. The summed E-state index contributed by atoms with van der Waals surface area (Å²) in [5.41, 5.74) is 0.990. The van der Waals surface area contributed by atoms with E-state index in [0.29, 0.717) is 43.2 Å². The molecule has 1 N–H and O–H groups in total. The fourth-order valence-corrected chi connectivity index (χ4v) is 4.21. The third kappa shape index (κ3) is 5.76. The van der Waals surface area contributed by atoms with Gasteiger partial charge < -0.3 is 10.2 Å². The molecule has 3 aromatic rings. The molecule has 1 amide bonds. The Kier molecular flexibility index (Phi) is 7.43. The van der Waals surface area contributed by atoms with Gasteiger partial charge in [0.15, 0.2) is 0 Å². The van der Waals surface area contributed by atoms with Crippen LogP contribution in [0.5, 0.6) is 0 Å². The van der Waals surface area contributed by atoms with Crippen LogP contribution in [0.4, 0.5) is 19.0 Å². The number of benzene rings is 1. The predicted molar refractivity (Wildman–Crippen MR) is 128 cm³/mol. The van der Waals surface area contributed by atoms with Gasteiger partial charge in [0.25, 0.3) is 0 Å². The smallest absolute Gasteiger partial charge is 0.354 e. The average Bonchev–Trinajstić information content (AvgIpc) is 3.25. The van der Waals surface area contributed by atoms with Crippen molar-refractivity contribution in [1.29, 1.82) is 0 Å². The minimum atomic E-state index is -4.48. The molecule has 1 fully saturated rings. The van der Waals surface area contributed by atoms with E-state index in [1.807, 2.05) is 35.0 Å². The Labute approximate surface area is 206 Å². The van der Waals surface area contributed by atoms with E-state index in [2.05, 4.69) is 10.1 Å². The standard InChI is InChI=1S/C24H28F3N7O2/c1-17(2)34-23(36)33(16-30-34)19-8-9-20(28-14-19)31-10-12-32(13-11-31)21(18-6-4-3-5-7-18)22(35)29-15-24(25,26)27/h3-9,14,16-17,21H,10-13,15H2,1-2H3,(H,29,35). The highest BCUT2D eigenvalue weighted by molar-refractivity contribution is 5.83. The van der Waals surface area contributed by atoms with Gasteiger partial charge in [-0.25, -0.2) is 19.0 Å². The first-order chi connectivity index (χ1) is 17.1. The number of pyridine rings is 1. The predicted octanol–water partition coefficient (Wildman–Crippen LogP) is 2.55. The van der Waals surface area contributed by atoms with Crippen molar-refractivity contribution in [2.24, 2.45) is 0 Å². The third-order valence-electron chi connectivity index (χ3n) is 6.02. The monoisotopic (exact) mass is 503 g/mol. The molecule has 192 valence electrons. The summed E-state index contributed by atoms with van der Waals surface area (Å²) in [7, 11) is 0. The molecule has 1 atom stereocenters. The molecule has 2 aromatic heterocycles. The number of nitrogens with one attached hydrogen (secondary N) is 1. The maximum atomic E-state index is 12.8. The molecule has 0 saturated carbocycles. The van der Waals surface area contributed by atoms with Crippen LogP contribution in [0, 0.1) is 0 Å². The minimum Gasteiger partial charge on any atom is -0.354 e. The zero-order chi connectivity index (χ0) is 25.9. The maximum Gasteiger partial charge on any atom is 0.405 e. The number of rotatable bonds is 7. The van der Waals surface area contributed by atoms with E-state index in [4.69, 9.17) is 0 Å². The van der Waals surface area contributed by atoms with Crippen molar-refractivity contribution in [3.63, 3.8) is 0 Å². The van der Waals surface area contributed by atoms with Gasteiger partial charge in [-0.2, -0.15) is 18.3 Å². The van der Waals surface area contributed by atoms with Gasteiger partial charge in [-0.3, -0.25) is 9.69 Å². The molecule has 36 heavy (non-hydrogen) atoms. The van der Waals surface area contributed by atoms with Crippen LogP contribution in [-0.2, 0) is 4.79 Å². The summed E-state index contributed by atoms with van der Waals surface area (Å²) in [5, 5.41) is 6.15. The molecule has 1 unspecified atom stereocenters. The first kappa shape index (κ1) is 25.4. The van der Waals surface area contributed by atoms with E-state index in [0.717, 1.165) is 0 Å². The molecule has 4 rings (SSSR count). The number of nitrogens with zero attached hydrogens (tertiary/aromatic N) is 6. The number of aromatic nitrogens is 4. The number of carbonyl (C=O) groups is 1. The molecular weight excluding hydrogens is 475 g/mol. The number of hydrogen-bond donors (Lipinski definition) is 1. The number of carbonyl (C=O) groups excluding carboxylic acids is 1. The number of amides is 1. The van der Waals surface area contributed by atoms with Crippen LogP contribution in [0.15, 0.2) is 59.8 Å². The lowest BCUT2D eigenvalue weighted by molar-refractivity contribution is -0.142. The van der Waals surface area contributed by atoms with Gasteiger partial charge in [0, 0.05) is 26.2 Å². The van der Waals surface area contributed by atoms with Crippen LogP contribution < -0.4 is 15.9 Å². The number of hydrogen-bond acceptors (Lipinski definition) is 6. The second kappa shape index (κ2) is 10.5. The molecule has 3 heterocycles. The van der Waals surface area contributed by atoms with Crippen molar-refractivity contribution in [3.05, 3.63) is 71.0 Å². The van der Waals surface area contributed by atoms with Gasteiger partial charge in [0.2, 0.25) is 5.91 Å². The lowest BCUT2D eigenvalue weighted by Crippen LogP contribution is -2.52. The van der Waals surface area contributed by atoms with Crippen molar-refractivity contribution in [1.82, 2.24) is 29.5 Å². The summed E-state index contributed by atoms with van der Waals surface area (Å²) in [5.74, 6) is 0.0299. The van der Waals surface area contributed by atoms with Crippen molar-refractivity contribution in [2.75, 3.05) is 37.6 Å². The molecular formula is C24H28F3N7O2. The van der Waals surface area contributed by atoms with Crippen LogP contribution in [0.2, 0.25) is 0 Å². The zero-order valence-electron chi connectivity index (χ0n) is 20.0. The van der Waals surface area contributed by atoms with Crippen LogP contribution in [-0.4, -0.2) is 69.0 Å². The van der Waals surface area contributed by atoms with Crippen LogP contribution in [0.1, 0.15) is 31.5 Å². The highest BCUT2D eigenvalue weighted by Gasteiger charge is 2.34. The lowest BCUT2D eigenvalue weighted by Gasteiger charge is -2.39. The fourth-order valence-electron chi connectivity index (χ4n) is 4.21. The average molecular weight is 504 g/mol. The Morgan fingerprint density at radius 3 is 2.31 bits per heavy atom. The van der Waals surface area contributed by atoms with Gasteiger partial charge in [-0.15, -0.1) is 0 Å². The van der Waals surface area contributed by atoms with E-state index in [-0.39, 0.29) is 11.7 Å². The van der Waals surface area contributed by atoms with E-state index in [9.17, 15) is 22.8 Å². The summed E-state index contributed by atoms with van der Waals surface area (Å²) in [6.07, 6.45) is -1.41. The number of halogens is 3. The summed E-state index contributed by atoms with van der Waals surface area (Å²) in [4.78, 5) is 33.7. The SMILES string of the molecule is CC(C)n1ncn(-c2ccc(N3CCN(C(C(=O)NCC(F)(F)F)c4ccccc4)CC3)nc2)c1=O. The second-order valence-electron chi connectivity index (χ2n) is 8.87. The Hall–Kier alpha value is -3.67. The lowest BCUT2D eigenvalue weighted by atomic mass is 10.0. The van der Waals surface area contributed by atoms with Crippen LogP contribution in [0.3, 0.4) is 0 Å². The zero-order valence-corrected chi connectivity index (χ0v) is 20.0. The molecule has 0 aliphatic carbocycles. The molecule has 0 spiro atoms. The molecule has 0 bridgehead atoms. The van der Waals surface area contributed by atoms with E-state index < -0.39 is 24.7 Å². The van der Waals surface area contributed by atoms with Gasteiger partial charge in [-0.1, -0.05) is 30.3 Å². The van der Waals surface area contributed by atoms with Crippen molar-refractivity contribution in [2.45, 2.75) is 32.1 Å². The normalized spacial score (nSPS) is 15.8. The molecule has 12 heteroatoms. The van der Waals surface area contributed by atoms with Crippen molar-refractivity contribution in [3.8, 4) is 5.69 Å². The summed E-state index contributed by atoms with van der Waals surface area (Å²) in [6.45, 7) is 4.38. The van der Waals surface area contributed by atoms with E-state index in [1.165, 1.54) is 15.6 Å². The third-order valence-corrected chi connectivity index (χ3v) is 6.02. The number of piperazine rings is 1. The molecule has 0 radical (unpaired) electrons. The summed E-state index contributed by atoms with van der Waals surface area (Å²) < 4.78 is 40.9. The van der Waals surface area contributed by atoms with Crippen molar-refractivity contribution < 1.29 is 18.0 Å². The molecule has 9 nitrogen and oxygen atoms in total. The van der Waals surface area contributed by atoms with Gasteiger partial charge in [-0.05, 0) is 31.5 Å². The highest BCUT2D eigenvalue weighted by Crippen LogP contribution is 2.25. The first-order valence-electron chi connectivity index (χ1n) is 11.6. The topological polar surface area (TPSA) is 88.3 Å². The van der Waals surface area contributed by atoms with Gasteiger partial charge in [0.1, 0.15) is 24.7 Å². The molecule has 1 aliphatic heterocycles.